The van der Waals surface area contributed by atoms with E-state index in [-0.39, 0.29) is 0 Å². The van der Waals surface area contributed by atoms with Gasteiger partial charge in [-0.05, 0) is 51.7 Å². The molecule has 120 valence electrons. The third-order valence-corrected chi connectivity index (χ3v) is 4.68. The van der Waals surface area contributed by atoms with Gasteiger partial charge in [0.25, 0.3) is 0 Å². The standard InChI is InChI=1S/C16H29ClN4/c1-5-8-18-15(12(2)13-6-7-13)16-14(17)11-19-21(16)10-9-20(3)4/h11-13,15,18H,5-10H2,1-4H3. The highest BCUT2D eigenvalue weighted by Crippen LogP contribution is 2.43. The summed E-state index contributed by atoms with van der Waals surface area (Å²) in [5, 5.41) is 9.00. The van der Waals surface area contributed by atoms with Crippen molar-refractivity contribution >= 4 is 11.6 Å². The number of halogens is 1. The Morgan fingerprint density at radius 3 is 2.76 bits per heavy atom. The molecule has 1 aliphatic carbocycles. The van der Waals surface area contributed by atoms with Gasteiger partial charge in [-0.3, -0.25) is 4.68 Å². The largest absolute Gasteiger partial charge is 0.308 e. The van der Waals surface area contributed by atoms with Crippen LogP contribution in [0.1, 0.15) is 44.8 Å². The van der Waals surface area contributed by atoms with E-state index in [1.165, 1.54) is 18.5 Å². The summed E-state index contributed by atoms with van der Waals surface area (Å²) in [6.45, 7) is 7.44. The SMILES string of the molecule is CCCNC(c1c(Cl)cnn1CCN(C)C)C(C)C1CC1. The Kier molecular flexibility index (Phi) is 6.08. The molecule has 0 radical (unpaired) electrons. The lowest BCUT2D eigenvalue weighted by Gasteiger charge is -2.27. The molecule has 0 amide bonds. The number of hydrogen-bond acceptors (Lipinski definition) is 3. The molecular weight excluding hydrogens is 284 g/mol. The molecule has 5 heteroatoms. The zero-order valence-corrected chi connectivity index (χ0v) is 14.5. The lowest BCUT2D eigenvalue weighted by molar-refractivity contribution is 0.316. The van der Waals surface area contributed by atoms with E-state index < -0.39 is 0 Å². The lowest BCUT2D eigenvalue weighted by atomic mass is 9.93. The summed E-state index contributed by atoms with van der Waals surface area (Å²) >= 11 is 6.47. The quantitative estimate of drug-likeness (QED) is 0.760. The number of nitrogens with zero attached hydrogens (tertiary/aromatic N) is 3. The Hall–Kier alpha value is -0.580. The summed E-state index contributed by atoms with van der Waals surface area (Å²) in [6, 6.07) is 0.314. The fraction of sp³-hybridized carbons (Fsp3) is 0.812. The molecule has 0 aromatic carbocycles. The van der Waals surface area contributed by atoms with Gasteiger partial charge < -0.3 is 10.2 Å². The maximum Gasteiger partial charge on any atom is 0.0834 e. The summed E-state index contributed by atoms with van der Waals surface area (Å²) in [6.07, 6.45) is 5.65. The van der Waals surface area contributed by atoms with Crippen LogP contribution >= 0.6 is 11.6 Å². The minimum atomic E-state index is 0.314. The van der Waals surface area contributed by atoms with Gasteiger partial charge in [0.1, 0.15) is 0 Å². The Morgan fingerprint density at radius 1 is 1.48 bits per heavy atom. The number of rotatable bonds is 9. The highest BCUT2D eigenvalue weighted by atomic mass is 35.5. The van der Waals surface area contributed by atoms with Crippen LogP contribution in [0.25, 0.3) is 0 Å². The molecule has 0 spiro atoms. The Morgan fingerprint density at radius 2 is 2.19 bits per heavy atom. The van der Waals surface area contributed by atoms with Gasteiger partial charge >= 0.3 is 0 Å². The molecule has 0 saturated heterocycles. The number of hydrogen-bond donors (Lipinski definition) is 1. The predicted molar refractivity (Wildman–Crippen MR) is 88.7 cm³/mol. The first kappa shape index (κ1) is 16.8. The van der Waals surface area contributed by atoms with Gasteiger partial charge in [-0.25, -0.2) is 0 Å². The van der Waals surface area contributed by atoms with E-state index in [0.717, 1.165) is 37.0 Å². The zero-order chi connectivity index (χ0) is 15.4. The number of likely N-dealkylation sites (N-methyl/N-ethyl adjacent to an activating group) is 1. The third kappa shape index (κ3) is 4.44. The van der Waals surface area contributed by atoms with Crippen LogP contribution in [0, 0.1) is 11.8 Å². The summed E-state index contributed by atoms with van der Waals surface area (Å²) in [4.78, 5) is 2.18. The van der Waals surface area contributed by atoms with Crippen LogP contribution in [-0.2, 0) is 6.54 Å². The first-order valence-corrected chi connectivity index (χ1v) is 8.51. The van der Waals surface area contributed by atoms with Crippen LogP contribution < -0.4 is 5.32 Å². The van der Waals surface area contributed by atoms with Gasteiger partial charge in [-0.1, -0.05) is 25.4 Å². The fourth-order valence-electron chi connectivity index (χ4n) is 2.88. The maximum absolute atomic E-state index is 6.47. The topological polar surface area (TPSA) is 33.1 Å². The van der Waals surface area contributed by atoms with E-state index in [1.807, 2.05) is 0 Å². The van der Waals surface area contributed by atoms with Crippen molar-refractivity contribution < 1.29 is 0 Å². The van der Waals surface area contributed by atoms with E-state index in [9.17, 15) is 0 Å². The Labute approximate surface area is 133 Å². The molecule has 1 heterocycles. The average Bonchev–Trinajstić information content (AvgIpc) is 3.23. The third-order valence-electron chi connectivity index (χ3n) is 4.39. The second-order valence-electron chi connectivity index (χ2n) is 6.53. The molecule has 1 aromatic heterocycles. The highest BCUT2D eigenvalue weighted by Gasteiger charge is 2.36. The lowest BCUT2D eigenvalue weighted by Crippen LogP contribution is -2.32. The molecule has 1 aromatic rings. The first-order chi connectivity index (χ1) is 10.0. The summed E-state index contributed by atoms with van der Waals surface area (Å²) in [5.41, 5.74) is 1.17. The maximum atomic E-state index is 6.47. The second kappa shape index (κ2) is 7.61. The average molecular weight is 313 g/mol. The Balaban J connectivity index is 2.18. The van der Waals surface area contributed by atoms with Crippen molar-refractivity contribution in [2.24, 2.45) is 11.8 Å². The molecule has 2 unspecified atom stereocenters. The smallest absolute Gasteiger partial charge is 0.0834 e. The van der Waals surface area contributed by atoms with Crippen molar-refractivity contribution in [3.8, 4) is 0 Å². The van der Waals surface area contributed by atoms with Crippen LogP contribution in [0.15, 0.2) is 6.20 Å². The molecule has 2 atom stereocenters. The molecule has 2 rings (SSSR count). The van der Waals surface area contributed by atoms with Crippen LogP contribution in [0.3, 0.4) is 0 Å². The minimum Gasteiger partial charge on any atom is -0.308 e. The van der Waals surface area contributed by atoms with Gasteiger partial charge in [0, 0.05) is 6.54 Å². The van der Waals surface area contributed by atoms with Crippen molar-refractivity contribution in [2.45, 2.75) is 45.7 Å². The first-order valence-electron chi connectivity index (χ1n) is 8.13. The van der Waals surface area contributed by atoms with Gasteiger partial charge in [0.2, 0.25) is 0 Å². The van der Waals surface area contributed by atoms with Crippen molar-refractivity contribution in [3.05, 3.63) is 16.9 Å². The van der Waals surface area contributed by atoms with Crippen molar-refractivity contribution in [1.29, 1.82) is 0 Å². The van der Waals surface area contributed by atoms with Crippen LogP contribution in [0.4, 0.5) is 0 Å². The van der Waals surface area contributed by atoms with Crippen molar-refractivity contribution in [1.82, 2.24) is 20.0 Å². The van der Waals surface area contributed by atoms with E-state index >= 15 is 0 Å². The van der Waals surface area contributed by atoms with Gasteiger partial charge in [0.15, 0.2) is 0 Å². The molecule has 0 aliphatic heterocycles. The molecule has 1 N–H and O–H groups in total. The second-order valence-corrected chi connectivity index (χ2v) is 6.94. The van der Waals surface area contributed by atoms with E-state index in [4.69, 9.17) is 11.6 Å². The highest BCUT2D eigenvalue weighted by molar-refractivity contribution is 6.31. The molecule has 1 aliphatic rings. The van der Waals surface area contributed by atoms with Gasteiger partial charge in [-0.15, -0.1) is 0 Å². The van der Waals surface area contributed by atoms with Crippen molar-refractivity contribution in [2.75, 3.05) is 27.2 Å². The number of nitrogens with one attached hydrogen (secondary N) is 1. The summed E-state index contributed by atoms with van der Waals surface area (Å²) < 4.78 is 2.09. The molecule has 1 fully saturated rings. The predicted octanol–water partition coefficient (Wildman–Crippen LogP) is 3.18. The summed E-state index contributed by atoms with van der Waals surface area (Å²) in [7, 11) is 4.18. The van der Waals surface area contributed by atoms with Crippen LogP contribution in [0.5, 0.6) is 0 Å². The molecular formula is C16H29ClN4. The molecule has 0 bridgehead atoms. The van der Waals surface area contributed by atoms with Gasteiger partial charge in [-0.2, -0.15) is 5.10 Å². The minimum absolute atomic E-state index is 0.314. The van der Waals surface area contributed by atoms with Crippen LogP contribution in [-0.4, -0.2) is 41.9 Å². The molecule has 21 heavy (non-hydrogen) atoms. The normalized spacial score (nSPS) is 18.2. The monoisotopic (exact) mass is 312 g/mol. The number of aromatic nitrogens is 2. The van der Waals surface area contributed by atoms with Gasteiger partial charge in [0.05, 0.1) is 29.5 Å². The van der Waals surface area contributed by atoms with E-state index in [0.29, 0.717) is 12.0 Å². The van der Waals surface area contributed by atoms with Crippen molar-refractivity contribution in [3.63, 3.8) is 0 Å². The summed E-state index contributed by atoms with van der Waals surface area (Å²) in [5.74, 6) is 1.46. The zero-order valence-electron chi connectivity index (χ0n) is 13.8. The van der Waals surface area contributed by atoms with Crippen LogP contribution in [0.2, 0.25) is 5.02 Å². The van der Waals surface area contributed by atoms with E-state index in [2.05, 4.69) is 47.9 Å². The molecule has 1 saturated carbocycles. The Bertz CT molecular complexity index is 439. The fourth-order valence-corrected chi connectivity index (χ4v) is 3.14. The van der Waals surface area contributed by atoms with E-state index in [1.54, 1.807) is 6.20 Å². The molecule has 4 nitrogen and oxygen atoms in total.